The minimum Gasteiger partial charge on any atom is -0.481 e. The highest BCUT2D eigenvalue weighted by molar-refractivity contribution is 5.69. The zero-order chi connectivity index (χ0) is 15.4. The second kappa shape index (κ2) is 11.7. The summed E-state index contributed by atoms with van der Waals surface area (Å²) in [5.74, 6) is -1.82. The van der Waals surface area contributed by atoms with Crippen molar-refractivity contribution in [3.63, 3.8) is 0 Å². The number of carboxylic acids is 2. The van der Waals surface area contributed by atoms with Gasteiger partial charge < -0.3 is 10.2 Å². The monoisotopic (exact) mass is 286 g/mol. The highest BCUT2D eigenvalue weighted by Crippen LogP contribution is 2.15. The Balaban J connectivity index is 3.21. The minimum absolute atomic E-state index is 0.216. The van der Waals surface area contributed by atoms with Crippen LogP contribution in [0.3, 0.4) is 0 Å². The highest BCUT2D eigenvalue weighted by Gasteiger charge is 2.10. The highest BCUT2D eigenvalue weighted by atomic mass is 16.4. The first-order chi connectivity index (χ1) is 9.45. The summed E-state index contributed by atoms with van der Waals surface area (Å²) in [7, 11) is 0. The average Bonchev–Trinajstić information content (AvgIpc) is 2.39. The number of hydrogen-bond donors (Lipinski definition) is 2. The van der Waals surface area contributed by atoms with Crippen molar-refractivity contribution in [2.24, 2.45) is 11.8 Å². The smallest absolute Gasteiger partial charge is 0.306 e. The van der Waals surface area contributed by atoms with E-state index in [1.165, 1.54) is 25.7 Å². The molecule has 0 spiro atoms. The van der Waals surface area contributed by atoms with Gasteiger partial charge in [0.05, 0.1) is 11.8 Å². The van der Waals surface area contributed by atoms with E-state index in [1.807, 2.05) is 0 Å². The number of aliphatic carboxylic acids is 2. The van der Waals surface area contributed by atoms with E-state index in [-0.39, 0.29) is 11.8 Å². The van der Waals surface area contributed by atoms with E-state index in [1.54, 1.807) is 13.8 Å². The zero-order valence-electron chi connectivity index (χ0n) is 12.9. The molecule has 4 nitrogen and oxygen atoms in total. The molecule has 0 unspecified atom stereocenters. The van der Waals surface area contributed by atoms with Gasteiger partial charge in [-0.05, 0) is 12.8 Å². The third kappa shape index (κ3) is 10.8. The number of carboxylic acid groups (broad SMARTS) is 2. The molecule has 0 aliphatic carbocycles. The maximum absolute atomic E-state index is 10.6. The van der Waals surface area contributed by atoms with Crippen LogP contribution in [0.4, 0.5) is 0 Å². The van der Waals surface area contributed by atoms with Gasteiger partial charge in [-0.25, -0.2) is 0 Å². The van der Waals surface area contributed by atoms with E-state index >= 15 is 0 Å². The van der Waals surface area contributed by atoms with E-state index in [0.29, 0.717) is 0 Å². The summed E-state index contributed by atoms with van der Waals surface area (Å²) in [6.45, 7) is 3.53. The Bertz CT molecular complexity index is 248. The molecule has 0 saturated carbocycles. The molecule has 0 aromatic carbocycles. The van der Waals surface area contributed by atoms with Gasteiger partial charge in [-0.3, -0.25) is 9.59 Å². The quantitative estimate of drug-likeness (QED) is 0.494. The van der Waals surface area contributed by atoms with Crippen molar-refractivity contribution >= 4 is 11.9 Å². The summed E-state index contributed by atoms with van der Waals surface area (Å²) < 4.78 is 0. The van der Waals surface area contributed by atoms with Gasteiger partial charge in [0.25, 0.3) is 0 Å². The SMILES string of the molecule is C[C@H](CCCCCCCCCC[C@@H](C)C(=O)O)C(=O)O. The van der Waals surface area contributed by atoms with Crippen LogP contribution in [0, 0.1) is 11.8 Å². The van der Waals surface area contributed by atoms with Crippen molar-refractivity contribution in [2.45, 2.75) is 78.1 Å². The fourth-order valence-corrected chi connectivity index (χ4v) is 2.21. The van der Waals surface area contributed by atoms with Crippen molar-refractivity contribution in [1.82, 2.24) is 0 Å². The van der Waals surface area contributed by atoms with Crippen molar-refractivity contribution in [3.8, 4) is 0 Å². The predicted octanol–water partition coefficient (Wildman–Crippen LogP) is 4.33. The van der Waals surface area contributed by atoms with Crippen LogP contribution in [-0.4, -0.2) is 22.2 Å². The van der Waals surface area contributed by atoms with E-state index in [4.69, 9.17) is 10.2 Å². The van der Waals surface area contributed by atoms with Crippen LogP contribution in [0.1, 0.15) is 78.1 Å². The molecule has 0 bridgehead atoms. The molecule has 2 atom stereocenters. The minimum atomic E-state index is -0.694. The predicted molar refractivity (Wildman–Crippen MR) is 79.8 cm³/mol. The molecule has 0 aliphatic rings. The Morgan fingerprint density at radius 1 is 0.650 bits per heavy atom. The van der Waals surface area contributed by atoms with E-state index in [2.05, 4.69) is 0 Å². The van der Waals surface area contributed by atoms with Crippen LogP contribution in [0.5, 0.6) is 0 Å². The Morgan fingerprint density at radius 3 is 1.15 bits per heavy atom. The first kappa shape index (κ1) is 18.9. The Hall–Kier alpha value is -1.06. The van der Waals surface area contributed by atoms with Crippen molar-refractivity contribution in [3.05, 3.63) is 0 Å². The fourth-order valence-electron chi connectivity index (χ4n) is 2.21. The Kier molecular flexibility index (Phi) is 11.1. The molecule has 118 valence electrons. The maximum Gasteiger partial charge on any atom is 0.306 e. The molecule has 0 saturated heterocycles. The van der Waals surface area contributed by atoms with Crippen LogP contribution in [-0.2, 0) is 9.59 Å². The van der Waals surface area contributed by atoms with E-state index in [0.717, 1.165) is 38.5 Å². The van der Waals surface area contributed by atoms with Gasteiger partial charge in [0.15, 0.2) is 0 Å². The Labute approximate surface area is 122 Å². The molecule has 0 amide bonds. The summed E-state index contributed by atoms with van der Waals surface area (Å²) in [4.78, 5) is 21.2. The van der Waals surface area contributed by atoms with Crippen LogP contribution in [0.15, 0.2) is 0 Å². The number of unbranched alkanes of at least 4 members (excludes halogenated alkanes) is 7. The normalized spacial score (nSPS) is 13.9. The summed E-state index contributed by atoms with van der Waals surface area (Å²) in [6, 6.07) is 0. The second-order valence-electron chi connectivity index (χ2n) is 5.88. The van der Waals surface area contributed by atoms with Gasteiger partial charge in [0.2, 0.25) is 0 Å². The third-order valence-corrected chi connectivity index (χ3v) is 3.87. The molecular weight excluding hydrogens is 256 g/mol. The third-order valence-electron chi connectivity index (χ3n) is 3.87. The summed E-state index contributed by atoms with van der Waals surface area (Å²) in [5, 5.41) is 17.5. The Morgan fingerprint density at radius 2 is 0.900 bits per heavy atom. The summed E-state index contributed by atoms with van der Waals surface area (Å²) in [6.07, 6.45) is 10.6. The van der Waals surface area contributed by atoms with Crippen LogP contribution in [0.25, 0.3) is 0 Å². The average molecular weight is 286 g/mol. The lowest BCUT2D eigenvalue weighted by molar-refractivity contribution is -0.142. The molecule has 20 heavy (non-hydrogen) atoms. The van der Waals surface area contributed by atoms with Gasteiger partial charge >= 0.3 is 11.9 Å². The lowest BCUT2D eigenvalue weighted by atomic mass is 10.0. The standard InChI is InChI=1S/C16H30O4/c1-13(15(17)18)11-9-7-5-3-4-6-8-10-12-14(2)16(19)20/h13-14H,3-12H2,1-2H3,(H,17,18)(H,19,20)/t13-,14-/m1/s1. The van der Waals surface area contributed by atoms with Crippen molar-refractivity contribution < 1.29 is 19.8 Å². The van der Waals surface area contributed by atoms with E-state index in [9.17, 15) is 9.59 Å². The van der Waals surface area contributed by atoms with Gasteiger partial charge in [0.1, 0.15) is 0 Å². The first-order valence-electron chi connectivity index (χ1n) is 7.90. The van der Waals surface area contributed by atoms with E-state index < -0.39 is 11.9 Å². The number of rotatable bonds is 13. The van der Waals surface area contributed by atoms with Crippen LogP contribution >= 0.6 is 0 Å². The molecule has 0 fully saturated rings. The van der Waals surface area contributed by atoms with Crippen molar-refractivity contribution in [1.29, 1.82) is 0 Å². The first-order valence-corrected chi connectivity index (χ1v) is 7.90. The number of hydrogen-bond acceptors (Lipinski definition) is 2. The van der Waals surface area contributed by atoms with Crippen molar-refractivity contribution in [2.75, 3.05) is 0 Å². The fraction of sp³-hybridized carbons (Fsp3) is 0.875. The lowest BCUT2D eigenvalue weighted by Gasteiger charge is -2.06. The molecule has 0 aromatic heterocycles. The summed E-state index contributed by atoms with van der Waals surface area (Å²) in [5.41, 5.74) is 0. The van der Waals surface area contributed by atoms with Gasteiger partial charge in [-0.2, -0.15) is 0 Å². The molecule has 0 heterocycles. The maximum atomic E-state index is 10.6. The molecule has 0 rings (SSSR count). The second-order valence-corrected chi connectivity index (χ2v) is 5.88. The zero-order valence-corrected chi connectivity index (χ0v) is 12.9. The van der Waals surface area contributed by atoms with Gasteiger partial charge in [-0.1, -0.05) is 65.2 Å². The van der Waals surface area contributed by atoms with Gasteiger partial charge in [-0.15, -0.1) is 0 Å². The molecule has 4 heteroatoms. The molecule has 2 N–H and O–H groups in total. The van der Waals surface area contributed by atoms with Gasteiger partial charge in [0, 0.05) is 0 Å². The topological polar surface area (TPSA) is 74.6 Å². The largest absolute Gasteiger partial charge is 0.481 e. The van der Waals surface area contributed by atoms with Crippen LogP contribution < -0.4 is 0 Å². The molecule has 0 aromatic rings. The molecule has 0 aliphatic heterocycles. The molecule has 0 radical (unpaired) electrons. The molecular formula is C16H30O4. The summed E-state index contributed by atoms with van der Waals surface area (Å²) >= 11 is 0. The van der Waals surface area contributed by atoms with Crippen LogP contribution in [0.2, 0.25) is 0 Å². The number of carbonyl (C=O) groups is 2. The lowest BCUT2D eigenvalue weighted by Crippen LogP contribution is -2.08.